The number of para-hydroxylation sites is 4. The summed E-state index contributed by atoms with van der Waals surface area (Å²) in [5, 5.41) is 32.3. The van der Waals surface area contributed by atoms with E-state index in [0.717, 1.165) is 78.3 Å². The lowest BCUT2D eigenvalue weighted by molar-refractivity contribution is 1.18. The molecule has 0 aliphatic rings. The molecule has 75 heavy (non-hydrogen) atoms. The van der Waals surface area contributed by atoms with E-state index in [4.69, 9.17) is 9.97 Å². The largest absolute Gasteiger partial charge is 0.310 e. The molecule has 0 saturated carbocycles. The van der Waals surface area contributed by atoms with Gasteiger partial charge in [-0.1, -0.05) is 121 Å². The summed E-state index contributed by atoms with van der Waals surface area (Å²) in [5.41, 5.74) is 15.8. The molecule has 0 saturated heterocycles. The normalized spacial score (nSPS) is 10.9. The van der Waals surface area contributed by atoms with Gasteiger partial charge < -0.3 is 14.4 Å². The number of aromatic nitrogens is 3. The van der Waals surface area contributed by atoms with Gasteiger partial charge in [0.15, 0.2) is 5.82 Å². The van der Waals surface area contributed by atoms with Gasteiger partial charge in [0.05, 0.1) is 57.3 Å². The molecular weight excluding hydrogens is 917 g/mol. The molecule has 0 amide bonds. The van der Waals surface area contributed by atoms with Crippen molar-refractivity contribution in [3.8, 4) is 68.9 Å². The van der Waals surface area contributed by atoms with Gasteiger partial charge >= 0.3 is 0 Å². The average molecular weight is 959 g/mol. The molecule has 0 aliphatic heterocycles. The van der Waals surface area contributed by atoms with Crippen LogP contribution in [0.4, 0.5) is 34.1 Å². The lowest BCUT2D eigenvalue weighted by atomic mass is 9.96. The zero-order chi connectivity index (χ0) is 50.7. The van der Waals surface area contributed by atoms with Gasteiger partial charge in [0, 0.05) is 67.3 Å². The van der Waals surface area contributed by atoms with Crippen molar-refractivity contribution in [1.29, 1.82) is 15.8 Å². The summed E-state index contributed by atoms with van der Waals surface area (Å²) in [5.74, 6) is 0.400. The van der Waals surface area contributed by atoms with E-state index in [9.17, 15) is 15.8 Å². The molecule has 8 heteroatoms. The van der Waals surface area contributed by atoms with Crippen LogP contribution in [-0.4, -0.2) is 14.5 Å². The Balaban J connectivity index is 0.969. The second kappa shape index (κ2) is 19.7. The quantitative estimate of drug-likeness (QED) is 0.127. The summed E-state index contributed by atoms with van der Waals surface area (Å²) in [4.78, 5) is 14.5. The van der Waals surface area contributed by atoms with E-state index >= 15 is 0 Å². The molecule has 0 atom stereocenters. The van der Waals surface area contributed by atoms with Crippen LogP contribution < -0.4 is 9.80 Å². The maximum atomic E-state index is 10.7. The Morgan fingerprint density at radius 2 is 0.800 bits per heavy atom. The number of fused-ring (bicyclic) bond motifs is 3. The molecular formula is C67H42N8. The van der Waals surface area contributed by atoms with Gasteiger partial charge in [0.25, 0.3) is 0 Å². The zero-order valence-electron chi connectivity index (χ0n) is 40.3. The van der Waals surface area contributed by atoms with Crippen molar-refractivity contribution >= 4 is 55.9 Å². The van der Waals surface area contributed by atoms with Crippen LogP contribution in [0.3, 0.4) is 0 Å². The molecule has 2 heterocycles. The van der Waals surface area contributed by atoms with Crippen LogP contribution in [0.25, 0.3) is 72.5 Å². The first-order valence-corrected chi connectivity index (χ1v) is 24.5. The second-order valence-electron chi connectivity index (χ2n) is 18.0. The predicted octanol–water partition coefficient (Wildman–Crippen LogP) is 16.8. The lowest BCUT2D eigenvalue weighted by Crippen LogP contribution is -2.09. The fourth-order valence-electron chi connectivity index (χ4n) is 9.94. The van der Waals surface area contributed by atoms with Crippen molar-refractivity contribution in [2.24, 2.45) is 0 Å². The van der Waals surface area contributed by atoms with Gasteiger partial charge in [-0.05, 0) is 145 Å². The fourth-order valence-corrected chi connectivity index (χ4v) is 9.94. The summed E-state index contributed by atoms with van der Waals surface area (Å²) in [6.07, 6.45) is 0. The van der Waals surface area contributed by atoms with Crippen LogP contribution in [0.15, 0.2) is 255 Å². The topological polar surface area (TPSA) is 109 Å². The van der Waals surface area contributed by atoms with Crippen LogP contribution in [0.5, 0.6) is 0 Å². The van der Waals surface area contributed by atoms with Crippen molar-refractivity contribution in [1.82, 2.24) is 14.5 Å². The maximum absolute atomic E-state index is 10.7. The van der Waals surface area contributed by atoms with E-state index in [2.05, 4.69) is 190 Å². The molecule has 0 aliphatic carbocycles. The highest BCUT2D eigenvalue weighted by Gasteiger charge is 2.21. The highest BCUT2D eigenvalue weighted by atomic mass is 15.1. The molecule has 0 bridgehead atoms. The number of nitriles is 3. The Hall–Kier alpha value is -10.9. The van der Waals surface area contributed by atoms with E-state index in [-0.39, 0.29) is 0 Å². The van der Waals surface area contributed by atoms with Crippen LogP contribution in [0, 0.1) is 34.0 Å². The SMILES string of the molecule is N#Cc1cccc(-c2cc(-c3ccc(-c4ccc(-n5c6ccc(N(c7ccccc7)c7ccccc7)cc6c6cc(N(c7ccccc7)c7ccccc7)ccc65)cc4)cc3C#N)nc(-c3cccc(C#N)c3)n2)c1. The smallest absolute Gasteiger partial charge is 0.160 e. The van der Waals surface area contributed by atoms with E-state index in [1.54, 1.807) is 30.3 Å². The molecule has 0 N–H and O–H groups in total. The Kier molecular flexibility index (Phi) is 11.9. The van der Waals surface area contributed by atoms with E-state index in [0.29, 0.717) is 45.0 Å². The Bertz CT molecular complexity index is 3910. The van der Waals surface area contributed by atoms with Crippen LogP contribution in [0.2, 0.25) is 0 Å². The third-order valence-corrected chi connectivity index (χ3v) is 13.4. The minimum atomic E-state index is 0.400. The van der Waals surface area contributed by atoms with Gasteiger partial charge in [0.2, 0.25) is 0 Å². The minimum Gasteiger partial charge on any atom is -0.310 e. The Morgan fingerprint density at radius 1 is 0.333 bits per heavy atom. The van der Waals surface area contributed by atoms with Crippen molar-refractivity contribution in [2.45, 2.75) is 0 Å². The molecule has 12 rings (SSSR count). The molecule has 0 spiro atoms. The number of hydrogen-bond donors (Lipinski definition) is 0. The third kappa shape index (κ3) is 8.76. The first-order valence-electron chi connectivity index (χ1n) is 24.5. The van der Waals surface area contributed by atoms with Gasteiger partial charge in [0.1, 0.15) is 0 Å². The average Bonchev–Trinajstić information content (AvgIpc) is 3.82. The highest BCUT2D eigenvalue weighted by Crippen LogP contribution is 2.43. The van der Waals surface area contributed by atoms with Gasteiger partial charge in [-0.15, -0.1) is 0 Å². The van der Waals surface area contributed by atoms with Crippen molar-refractivity contribution in [2.75, 3.05) is 9.80 Å². The number of hydrogen-bond acceptors (Lipinski definition) is 7. The van der Waals surface area contributed by atoms with Crippen LogP contribution >= 0.6 is 0 Å². The standard InChI is InChI=1S/C67H42N8/c68-43-46-15-13-17-50(37-46)63-42-64(72-67(71-63)51-18-14-16-47(38-51)44-69)60-34-29-49(39-52(60)45-70)48-27-30-57(31-28-48)75-65-35-32-58(73(53-19-5-1-6-20-53)54-21-7-2-8-22-54)40-61(65)62-41-59(33-36-66(62)75)74(55-23-9-3-10-24-55)56-25-11-4-12-26-56/h1-42H. The minimum absolute atomic E-state index is 0.400. The molecule has 12 aromatic rings. The first-order chi connectivity index (χ1) is 37.0. The third-order valence-electron chi connectivity index (χ3n) is 13.4. The number of benzene rings is 10. The van der Waals surface area contributed by atoms with Crippen LogP contribution in [0.1, 0.15) is 16.7 Å². The molecule has 0 fully saturated rings. The number of rotatable bonds is 11. The molecule has 0 unspecified atom stereocenters. The summed E-state index contributed by atoms with van der Waals surface area (Å²) in [6.45, 7) is 0. The van der Waals surface area contributed by atoms with Crippen molar-refractivity contribution in [3.63, 3.8) is 0 Å². The molecule has 10 aromatic carbocycles. The fraction of sp³-hybridized carbons (Fsp3) is 0. The zero-order valence-corrected chi connectivity index (χ0v) is 40.3. The monoisotopic (exact) mass is 958 g/mol. The molecule has 0 radical (unpaired) electrons. The summed E-state index contributed by atoms with van der Waals surface area (Å²) < 4.78 is 2.33. The van der Waals surface area contributed by atoms with E-state index < -0.39 is 0 Å². The molecule has 8 nitrogen and oxygen atoms in total. The second-order valence-corrected chi connectivity index (χ2v) is 18.0. The van der Waals surface area contributed by atoms with Crippen molar-refractivity contribution in [3.05, 3.63) is 271 Å². The molecule has 2 aromatic heterocycles. The Labute approximate surface area is 434 Å². The van der Waals surface area contributed by atoms with Gasteiger partial charge in [-0.25, -0.2) is 9.97 Å². The summed E-state index contributed by atoms with van der Waals surface area (Å²) in [6, 6.07) is 92.8. The van der Waals surface area contributed by atoms with Gasteiger partial charge in [-0.3, -0.25) is 0 Å². The summed E-state index contributed by atoms with van der Waals surface area (Å²) in [7, 11) is 0. The van der Waals surface area contributed by atoms with E-state index in [1.165, 1.54) is 0 Å². The number of nitrogens with zero attached hydrogens (tertiary/aromatic N) is 8. The molecule has 350 valence electrons. The van der Waals surface area contributed by atoms with Crippen molar-refractivity contribution < 1.29 is 0 Å². The lowest BCUT2D eigenvalue weighted by Gasteiger charge is -2.26. The van der Waals surface area contributed by atoms with Gasteiger partial charge in [-0.2, -0.15) is 15.8 Å². The highest BCUT2D eigenvalue weighted by molar-refractivity contribution is 6.12. The van der Waals surface area contributed by atoms with Crippen LogP contribution in [-0.2, 0) is 0 Å². The predicted molar refractivity (Wildman–Crippen MR) is 302 cm³/mol. The number of anilines is 6. The van der Waals surface area contributed by atoms with E-state index in [1.807, 2.05) is 66.7 Å². The Morgan fingerprint density at radius 3 is 1.29 bits per heavy atom. The first kappa shape index (κ1) is 45.3. The maximum Gasteiger partial charge on any atom is 0.160 e. The summed E-state index contributed by atoms with van der Waals surface area (Å²) >= 11 is 0.